The van der Waals surface area contributed by atoms with Crippen LogP contribution >= 0.6 is 0 Å². The third-order valence-electron chi connectivity index (χ3n) is 8.99. The van der Waals surface area contributed by atoms with Gasteiger partial charge in [0.1, 0.15) is 11.2 Å². The van der Waals surface area contributed by atoms with Gasteiger partial charge in [0.2, 0.25) is 5.95 Å². The van der Waals surface area contributed by atoms with Crippen molar-refractivity contribution in [2.45, 2.75) is 0 Å². The Kier molecular flexibility index (Phi) is 4.69. The average Bonchev–Trinajstić information content (AvgIpc) is 3.47. The van der Waals surface area contributed by atoms with E-state index in [2.05, 4.69) is 120 Å². The number of hydrogen-bond donors (Lipinski definition) is 0. The summed E-state index contributed by atoms with van der Waals surface area (Å²) in [5.74, 6) is 0.642. The van der Waals surface area contributed by atoms with Crippen molar-refractivity contribution < 1.29 is 4.42 Å². The molecule has 0 saturated carbocycles. The molecule has 0 bridgehead atoms. The molecule has 4 heteroatoms. The van der Waals surface area contributed by atoms with E-state index in [0.717, 1.165) is 60.9 Å². The van der Waals surface area contributed by atoms with E-state index in [1.54, 1.807) is 0 Å². The molecule has 0 aliphatic carbocycles. The zero-order chi connectivity index (χ0) is 28.8. The number of aromatic nitrogens is 2. The molecule has 7 aromatic carbocycles. The number of nitrogens with zero attached hydrogens (tertiary/aromatic N) is 3. The number of anilines is 3. The fourth-order valence-electron chi connectivity index (χ4n) is 7.12. The van der Waals surface area contributed by atoms with Gasteiger partial charge in [-0.1, -0.05) is 115 Å². The van der Waals surface area contributed by atoms with Crippen LogP contribution < -0.4 is 4.90 Å². The van der Waals surface area contributed by atoms with Crippen molar-refractivity contribution in [1.82, 2.24) is 9.97 Å². The molecule has 1 aliphatic rings. The van der Waals surface area contributed by atoms with Crippen LogP contribution in [0.25, 0.3) is 76.8 Å². The predicted molar refractivity (Wildman–Crippen MR) is 181 cm³/mol. The van der Waals surface area contributed by atoms with Crippen LogP contribution in [-0.2, 0) is 0 Å². The minimum atomic E-state index is 0.642. The fraction of sp³-hybridized carbons (Fsp3) is 0. The van der Waals surface area contributed by atoms with E-state index in [1.165, 1.54) is 27.3 Å². The van der Waals surface area contributed by atoms with Crippen molar-refractivity contribution >= 4 is 71.7 Å². The van der Waals surface area contributed by atoms with Gasteiger partial charge < -0.3 is 4.42 Å². The van der Waals surface area contributed by atoms with E-state index < -0.39 is 0 Å². The number of benzene rings is 7. The highest BCUT2D eigenvalue weighted by Crippen LogP contribution is 2.53. The summed E-state index contributed by atoms with van der Waals surface area (Å²) in [4.78, 5) is 13.0. The van der Waals surface area contributed by atoms with Crippen molar-refractivity contribution in [3.05, 3.63) is 140 Å². The monoisotopic (exact) mass is 561 g/mol. The fourth-order valence-corrected chi connectivity index (χ4v) is 7.12. The number of rotatable bonds is 2. The smallest absolute Gasteiger partial charge is 0.235 e. The van der Waals surface area contributed by atoms with Crippen molar-refractivity contribution in [2.24, 2.45) is 0 Å². The van der Waals surface area contributed by atoms with E-state index in [-0.39, 0.29) is 0 Å². The van der Waals surface area contributed by atoms with Crippen LogP contribution in [0.3, 0.4) is 0 Å². The van der Waals surface area contributed by atoms with Crippen LogP contribution in [-0.4, -0.2) is 9.97 Å². The summed E-state index contributed by atoms with van der Waals surface area (Å²) < 4.78 is 6.29. The molecule has 0 spiro atoms. The lowest BCUT2D eigenvalue weighted by molar-refractivity contribution is 0.669. The summed E-state index contributed by atoms with van der Waals surface area (Å²) in [6.07, 6.45) is 0. The molecule has 0 saturated heterocycles. The van der Waals surface area contributed by atoms with E-state index >= 15 is 0 Å². The van der Waals surface area contributed by atoms with Crippen LogP contribution in [0.1, 0.15) is 0 Å². The molecule has 0 radical (unpaired) electrons. The van der Waals surface area contributed by atoms with Gasteiger partial charge in [-0.25, -0.2) is 9.97 Å². The van der Waals surface area contributed by atoms with E-state index in [9.17, 15) is 0 Å². The second kappa shape index (κ2) is 8.76. The molecule has 0 fully saturated rings. The Bertz CT molecular complexity index is 2630. The second-order valence-electron chi connectivity index (χ2n) is 11.4. The highest BCUT2D eigenvalue weighted by Gasteiger charge is 2.30. The Morgan fingerprint density at radius 2 is 1.16 bits per heavy atom. The Labute approximate surface area is 252 Å². The van der Waals surface area contributed by atoms with Crippen molar-refractivity contribution in [2.75, 3.05) is 4.90 Å². The highest BCUT2D eigenvalue weighted by molar-refractivity contribution is 6.19. The van der Waals surface area contributed by atoms with Crippen LogP contribution in [0, 0.1) is 0 Å². The maximum atomic E-state index is 6.29. The maximum Gasteiger partial charge on any atom is 0.235 e. The first-order valence-corrected chi connectivity index (χ1v) is 14.8. The molecule has 2 aromatic heterocycles. The van der Waals surface area contributed by atoms with Crippen LogP contribution in [0.2, 0.25) is 0 Å². The molecule has 44 heavy (non-hydrogen) atoms. The van der Waals surface area contributed by atoms with Crippen LogP contribution in [0.5, 0.6) is 0 Å². The zero-order valence-electron chi connectivity index (χ0n) is 23.5. The standard InChI is InChI=1S/C40H23N3O/c1-2-13-26-24(10-1)22-23-28-27-16-7-11-25-12-8-19-33(36(25)27)43(39(26)28)40-41-32-18-5-3-14-29(32)38(42-40)31-17-9-21-35-37(31)30-15-4-6-20-34(30)44-35/h1-23H. The van der Waals surface area contributed by atoms with Gasteiger partial charge in [0, 0.05) is 38.1 Å². The molecule has 10 rings (SSSR count). The van der Waals surface area contributed by atoms with Crippen molar-refractivity contribution in [3.63, 3.8) is 0 Å². The van der Waals surface area contributed by atoms with Gasteiger partial charge in [-0.15, -0.1) is 0 Å². The molecule has 0 amide bonds. The lowest BCUT2D eigenvalue weighted by atomic mass is 9.89. The Balaban J connectivity index is 1.35. The van der Waals surface area contributed by atoms with Crippen LogP contribution in [0.4, 0.5) is 17.3 Å². The van der Waals surface area contributed by atoms with E-state index in [0.29, 0.717) is 5.95 Å². The average molecular weight is 562 g/mol. The first-order chi connectivity index (χ1) is 21.8. The summed E-state index contributed by atoms with van der Waals surface area (Å²) >= 11 is 0. The summed E-state index contributed by atoms with van der Waals surface area (Å²) in [6, 6.07) is 48.9. The summed E-state index contributed by atoms with van der Waals surface area (Å²) in [5, 5.41) is 7.89. The van der Waals surface area contributed by atoms with Gasteiger partial charge in [0.25, 0.3) is 0 Å². The highest BCUT2D eigenvalue weighted by atomic mass is 16.3. The van der Waals surface area contributed by atoms with Gasteiger partial charge in [0.15, 0.2) is 0 Å². The molecule has 0 atom stereocenters. The van der Waals surface area contributed by atoms with Crippen molar-refractivity contribution in [1.29, 1.82) is 0 Å². The minimum Gasteiger partial charge on any atom is -0.456 e. The molecule has 3 heterocycles. The van der Waals surface area contributed by atoms with Gasteiger partial charge >= 0.3 is 0 Å². The second-order valence-corrected chi connectivity index (χ2v) is 11.4. The first-order valence-electron chi connectivity index (χ1n) is 14.8. The predicted octanol–water partition coefficient (Wildman–Crippen LogP) is 11.0. The third-order valence-corrected chi connectivity index (χ3v) is 8.99. The van der Waals surface area contributed by atoms with Crippen molar-refractivity contribution in [3.8, 4) is 22.4 Å². The normalized spacial score (nSPS) is 12.5. The topological polar surface area (TPSA) is 42.2 Å². The summed E-state index contributed by atoms with van der Waals surface area (Å²) in [6.45, 7) is 0. The zero-order valence-corrected chi connectivity index (χ0v) is 23.5. The SMILES string of the molecule is c1ccc2c3c(ccc2c1)-c1cccc2cccc(c12)N3c1nc(-c2cccc3oc4ccccc4c23)c2ccccc2n1. The number of furan rings is 1. The van der Waals surface area contributed by atoms with Gasteiger partial charge in [-0.05, 0) is 40.6 Å². The lowest BCUT2D eigenvalue weighted by Gasteiger charge is -2.33. The molecular weight excluding hydrogens is 538 g/mol. The van der Waals surface area contributed by atoms with Gasteiger partial charge in [-0.3, -0.25) is 4.90 Å². The number of fused-ring (bicyclic) bond motifs is 8. The summed E-state index contributed by atoms with van der Waals surface area (Å²) in [5.41, 5.74) is 9.11. The first kappa shape index (κ1) is 23.6. The molecule has 0 unspecified atom stereocenters. The molecule has 4 nitrogen and oxygen atoms in total. The largest absolute Gasteiger partial charge is 0.456 e. The molecule has 9 aromatic rings. The third kappa shape index (κ3) is 3.17. The Morgan fingerprint density at radius 3 is 2.09 bits per heavy atom. The lowest BCUT2D eigenvalue weighted by Crippen LogP contribution is -2.18. The number of para-hydroxylation sites is 2. The molecule has 204 valence electrons. The quantitative estimate of drug-likeness (QED) is 0.211. The molecule has 0 N–H and O–H groups in total. The molecule has 1 aliphatic heterocycles. The van der Waals surface area contributed by atoms with Gasteiger partial charge in [0.05, 0.1) is 22.6 Å². The van der Waals surface area contributed by atoms with E-state index in [1.807, 2.05) is 24.3 Å². The maximum absolute atomic E-state index is 6.29. The van der Waals surface area contributed by atoms with E-state index in [4.69, 9.17) is 14.4 Å². The Hall–Kier alpha value is -6.00. The summed E-state index contributed by atoms with van der Waals surface area (Å²) in [7, 11) is 0. The minimum absolute atomic E-state index is 0.642. The van der Waals surface area contributed by atoms with Gasteiger partial charge in [-0.2, -0.15) is 0 Å². The Morgan fingerprint density at radius 1 is 0.455 bits per heavy atom. The van der Waals surface area contributed by atoms with Crippen LogP contribution in [0.15, 0.2) is 144 Å². The number of hydrogen-bond acceptors (Lipinski definition) is 4. The molecular formula is C40H23N3O.